The Balaban J connectivity index is 1.71. The van der Waals surface area contributed by atoms with Crippen LogP contribution in [0.25, 0.3) is 6.08 Å². The summed E-state index contributed by atoms with van der Waals surface area (Å²) in [5.41, 5.74) is 3.03. The van der Waals surface area contributed by atoms with Gasteiger partial charge < -0.3 is 10.1 Å². The number of aromatic nitrogens is 2. The Hall–Kier alpha value is -1.88. The van der Waals surface area contributed by atoms with Gasteiger partial charge in [-0.25, -0.2) is 9.97 Å². The fraction of sp³-hybridized carbons (Fsp3) is 0.550. The van der Waals surface area contributed by atoms with Crippen LogP contribution in [0.15, 0.2) is 17.7 Å². The van der Waals surface area contributed by atoms with E-state index in [2.05, 4.69) is 40.4 Å². The Morgan fingerprint density at radius 1 is 1.23 bits per heavy atom. The van der Waals surface area contributed by atoms with Crippen molar-refractivity contribution in [2.45, 2.75) is 45.1 Å². The predicted molar refractivity (Wildman–Crippen MR) is 102 cm³/mol. The summed E-state index contributed by atoms with van der Waals surface area (Å²) in [6.07, 6.45) is 11.5. The van der Waals surface area contributed by atoms with E-state index in [0.29, 0.717) is 11.8 Å². The summed E-state index contributed by atoms with van der Waals surface area (Å²) >= 11 is 6.20. The lowest BCUT2D eigenvalue weighted by Gasteiger charge is -2.47. The van der Waals surface area contributed by atoms with Crippen molar-refractivity contribution in [3.05, 3.63) is 34.3 Å². The number of hydrogen-bond donors (Lipinski definition) is 1. The molecule has 0 amide bonds. The summed E-state index contributed by atoms with van der Waals surface area (Å²) in [5, 5.41) is 3.83. The van der Waals surface area contributed by atoms with Gasteiger partial charge in [0.25, 0.3) is 0 Å². The average Bonchev–Trinajstić information content (AvgIpc) is 2.83. The van der Waals surface area contributed by atoms with Gasteiger partial charge in [0.1, 0.15) is 5.82 Å². The zero-order valence-corrected chi connectivity index (χ0v) is 15.9. The van der Waals surface area contributed by atoms with Crippen LogP contribution in [0.1, 0.15) is 43.9 Å². The quantitative estimate of drug-likeness (QED) is 0.640. The molecule has 1 N–H and O–H groups in total. The third-order valence-corrected chi connectivity index (χ3v) is 6.23. The summed E-state index contributed by atoms with van der Waals surface area (Å²) in [5.74, 6) is 1.35. The Labute approximate surface area is 158 Å². The van der Waals surface area contributed by atoms with Gasteiger partial charge in [0.2, 0.25) is 5.28 Å². The van der Waals surface area contributed by atoms with Crippen molar-refractivity contribution in [3.8, 4) is 0 Å². The highest BCUT2D eigenvalue weighted by molar-refractivity contribution is 6.28. The first-order valence-electron chi connectivity index (χ1n) is 9.32. The predicted octanol–water partition coefficient (Wildman–Crippen LogP) is 4.04. The molecule has 3 saturated carbocycles. The minimum Gasteiger partial charge on any atom is -0.469 e. The van der Waals surface area contributed by atoms with Gasteiger partial charge in [-0.05, 0) is 62.1 Å². The van der Waals surface area contributed by atoms with Gasteiger partial charge in [0, 0.05) is 18.0 Å². The maximum absolute atomic E-state index is 12.5. The number of hydrogen-bond acceptors (Lipinski definition) is 5. The molecule has 5 rings (SSSR count). The molecule has 6 heteroatoms. The van der Waals surface area contributed by atoms with Crippen molar-refractivity contribution in [2.24, 2.45) is 17.8 Å². The summed E-state index contributed by atoms with van der Waals surface area (Å²) in [6, 6.07) is 0.0370. The van der Waals surface area contributed by atoms with Gasteiger partial charge in [0.05, 0.1) is 18.7 Å². The average molecular weight is 374 g/mol. The SMILES string of the molecule is COC(=O)C1C2CCC(CC2)C1Nc1nc(Cl)nc2c1C=C(C)C=CC2. The zero-order valence-electron chi connectivity index (χ0n) is 15.2. The van der Waals surface area contributed by atoms with Crippen molar-refractivity contribution in [3.63, 3.8) is 0 Å². The van der Waals surface area contributed by atoms with Crippen LogP contribution in [0, 0.1) is 17.8 Å². The largest absolute Gasteiger partial charge is 0.469 e. The van der Waals surface area contributed by atoms with Crippen LogP contribution in [-0.4, -0.2) is 29.1 Å². The van der Waals surface area contributed by atoms with Gasteiger partial charge >= 0.3 is 5.97 Å². The van der Waals surface area contributed by atoms with E-state index in [9.17, 15) is 4.79 Å². The molecular formula is C20H24ClN3O2. The van der Waals surface area contributed by atoms with Crippen LogP contribution in [0.5, 0.6) is 0 Å². The van der Waals surface area contributed by atoms with Crippen molar-refractivity contribution in [2.75, 3.05) is 12.4 Å². The van der Waals surface area contributed by atoms with Gasteiger partial charge in [-0.15, -0.1) is 0 Å². The van der Waals surface area contributed by atoms with E-state index in [1.807, 2.05) is 0 Å². The molecule has 2 bridgehead atoms. The molecule has 5 nitrogen and oxygen atoms in total. The smallest absolute Gasteiger partial charge is 0.311 e. The van der Waals surface area contributed by atoms with Crippen LogP contribution < -0.4 is 5.32 Å². The van der Waals surface area contributed by atoms with Crippen molar-refractivity contribution < 1.29 is 9.53 Å². The van der Waals surface area contributed by atoms with Gasteiger partial charge in [-0.2, -0.15) is 0 Å². The van der Waals surface area contributed by atoms with Crippen LogP contribution in [0.4, 0.5) is 5.82 Å². The maximum Gasteiger partial charge on any atom is 0.311 e. The highest BCUT2D eigenvalue weighted by Gasteiger charge is 2.48. The van der Waals surface area contributed by atoms with E-state index < -0.39 is 0 Å². The number of rotatable bonds is 3. The molecule has 0 spiro atoms. The molecule has 0 aliphatic heterocycles. The lowest BCUT2D eigenvalue weighted by atomic mass is 9.61. The zero-order chi connectivity index (χ0) is 18.3. The van der Waals surface area contributed by atoms with E-state index in [1.54, 1.807) is 0 Å². The molecule has 0 aromatic carbocycles. The van der Waals surface area contributed by atoms with E-state index in [-0.39, 0.29) is 23.2 Å². The number of methoxy groups -OCH3 is 1. The fourth-order valence-corrected chi connectivity index (χ4v) is 5.01. The first kappa shape index (κ1) is 17.5. The van der Waals surface area contributed by atoms with Crippen molar-refractivity contribution in [1.82, 2.24) is 9.97 Å². The Bertz CT molecular complexity index is 782. The van der Waals surface area contributed by atoms with Crippen LogP contribution in [0.2, 0.25) is 5.28 Å². The van der Waals surface area contributed by atoms with Gasteiger partial charge in [0.15, 0.2) is 0 Å². The summed E-state index contributed by atoms with van der Waals surface area (Å²) in [4.78, 5) is 21.4. The molecular weight excluding hydrogens is 350 g/mol. The highest BCUT2D eigenvalue weighted by Crippen LogP contribution is 2.47. The Morgan fingerprint density at radius 3 is 2.69 bits per heavy atom. The lowest BCUT2D eigenvalue weighted by Crippen LogP contribution is -2.52. The van der Waals surface area contributed by atoms with Gasteiger partial charge in [-0.3, -0.25) is 4.79 Å². The van der Waals surface area contributed by atoms with Crippen molar-refractivity contribution >= 4 is 29.5 Å². The van der Waals surface area contributed by atoms with Crippen LogP contribution >= 0.6 is 11.6 Å². The molecule has 4 aliphatic rings. The molecule has 1 aromatic rings. The first-order valence-corrected chi connectivity index (χ1v) is 9.70. The minimum atomic E-state index is -0.120. The second-order valence-electron chi connectivity index (χ2n) is 7.59. The monoisotopic (exact) mass is 373 g/mol. The molecule has 3 fully saturated rings. The lowest BCUT2D eigenvalue weighted by molar-refractivity contribution is -0.152. The third kappa shape index (κ3) is 3.13. The molecule has 4 aliphatic carbocycles. The number of ether oxygens (including phenoxy) is 1. The molecule has 0 radical (unpaired) electrons. The number of carbonyl (C=O) groups is 1. The van der Waals surface area contributed by atoms with E-state index in [1.165, 1.54) is 7.11 Å². The minimum absolute atomic E-state index is 0.0370. The molecule has 0 saturated heterocycles. The number of fused-ring (bicyclic) bond motifs is 4. The summed E-state index contributed by atoms with van der Waals surface area (Å²) in [6.45, 7) is 2.06. The van der Waals surface area contributed by atoms with E-state index in [4.69, 9.17) is 16.3 Å². The van der Waals surface area contributed by atoms with E-state index in [0.717, 1.165) is 54.8 Å². The number of carbonyl (C=O) groups excluding carboxylic acids is 1. The number of nitrogens with one attached hydrogen (secondary N) is 1. The summed E-state index contributed by atoms with van der Waals surface area (Å²) < 4.78 is 5.12. The van der Waals surface area contributed by atoms with E-state index >= 15 is 0 Å². The normalized spacial score (nSPS) is 29.6. The maximum atomic E-state index is 12.5. The molecule has 2 unspecified atom stereocenters. The molecule has 2 atom stereocenters. The molecule has 138 valence electrons. The number of halogens is 1. The number of nitrogens with zero attached hydrogens (tertiary/aromatic N) is 2. The second kappa shape index (κ2) is 7.03. The van der Waals surface area contributed by atoms with Crippen molar-refractivity contribution in [1.29, 1.82) is 0 Å². The first-order chi connectivity index (χ1) is 12.6. The van der Waals surface area contributed by atoms with Crippen LogP contribution in [0.3, 0.4) is 0 Å². The molecule has 1 aromatic heterocycles. The fourth-order valence-electron chi connectivity index (χ4n) is 4.83. The standard InChI is InChI=1S/C20H24ClN3O2/c1-11-4-3-5-15-14(10-11)18(24-20(21)22-15)23-17-13-8-6-12(7-9-13)16(17)19(25)26-2/h3-4,10,12-13,16-17H,5-9H2,1-2H3,(H,22,23,24). The third-order valence-electron chi connectivity index (χ3n) is 6.06. The van der Waals surface area contributed by atoms with Crippen LogP contribution in [-0.2, 0) is 16.0 Å². The molecule has 1 heterocycles. The topological polar surface area (TPSA) is 64.1 Å². The number of anilines is 1. The summed E-state index contributed by atoms with van der Waals surface area (Å²) in [7, 11) is 1.48. The molecule has 26 heavy (non-hydrogen) atoms. The Morgan fingerprint density at radius 2 is 1.96 bits per heavy atom. The Kier molecular flexibility index (Phi) is 4.74. The van der Waals surface area contributed by atoms with Gasteiger partial charge in [-0.1, -0.05) is 17.7 Å². The highest BCUT2D eigenvalue weighted by atomic mass is 35.5. The number of esters is 1. The second-order valence-corrected chi connectivity index (χ2v) is 7.93. The number of allylic oxidation sites excluding steroid dienone is 3.